The van der Waals surface area contributed by atoms with Crippen molar-refractivity contribution in [2.45, 2.75) is 19.4 Å². The lowest BCUT2D eigenvalue weighted by molar-refractivity contribution is 0.392. The fraction of sp³-hybridized carbons (Fsp3) is 0.571. The van der Waals surface area contributed by atoms with E-state index in [2.05, 4.69) is 26.9 Å². The van der Waals surface area contributed by atoms with Crippen molar-refractivity contribution in [3.05, 3.63) is 23.9 Å². The zero-order valence-electron chi connectivity index (χ0n) is 12.5. The van der Waals surface area contributed by atoms with Gasteiger partial charge >= 0.3 is 0 Å². The third-order valence-corrected chi connectivity index (χ3v) is 3.48. The van der Waals surface area contributed by atoms with Gasteiger partial charge in [0.05, 0.1) is 7.11 Å². The van der Waals surface area contributed by atoms with Crippen molar-refractivity contribution in [1.29, 1.82) is 0 Å². The maximum absolute atomic E-state index is 5.22. The van der Waals surface area contributed by atoms with E-state index in [9.17, 15) is 0 Å². The summed E-state index contributed by atoms with van der Waals surface area (Å²) in [5.41, 5.74) is 1.01. The summed E-state index contributed by atoms with van der Waals surface area (Å²) in [4.78, 5) is 8.38. The van der Waals surface area contributed by atoms with Gasteiger partial charge in [0.15, 0.2) is 5.96 Å². The molecule has 0 spiro atoms. The van der Waals surface area contributed by atoms with Gasteiger partial charge in [0, 0.05) is 31.9 Å². The molecule has 5 nitrogen and oxygen atoms in total. The van der Waals surface area contributed by atoms with Crippen LogP contribution in [-0.4, -0.2) is 43.7 Å². The molecule has 1 heterocycles. The van der Waals surface area contributed by atoms with Crippen molar-refractivity contribution in [1.82, 2.24) is 15.6 Å². The van der Waals surface area contributed by atoms with E-state index in [0.29, 0.717) is 12.4 Å². The minimum Gasteiger partial charge on any atom is -0.481 e. The number of nitrogens with zero attached hydrogens (tertiary/aromatic N) is 2. The van der Waals surface area contributed by atoms with Gasteiger partial charge < -0.3 is 15.4 Å². The van der Waals surface area contributed by atoms with Crippen LogP contribution in [0.1, 0.15) is 18.4 Å². The first-order valence-electron chi connectivity index (χ1n) is 6.73. The topological polar surface area (TPSA) is 58.5 Å². The van der Waals surface area contributed by atoms with Crippen LogP contribution in [0.2, 0.25) is 0 Å². The average Bonchev–Trinajstić information content (AvgIpc) is 2.50. The summed E-state index contributed by atoms with van der Waals surface area (Å²) in [7, 11) is 3.41. The second kappa shape index (κ2) is 10.4. The van der Waals surface area contributed by atoms with Crippen LogP contribution in [0, 0.1) is 0 Å². The Bertz CT molecular complexity index is 412. The highest BCUT2D eigenvalue weighted by molar-refractivity contribution is 7.98. The minimum absolute atomic E-state index is 0.640. The Hall–Kier alpha value is -1.43. The molecule has 0 amide bonds. The van der Waals surface area contributed by atoms with Gasteiger partial charge in [-0.05, 0) is 30.9 Å². The van der Waals surface area contributed by atoms with Crippen molar-refractivity contribution in [2.75, 3.05) is 32.7 Å². The summed E-state index contributed by atoms with van der Waals surface area (Å²) in [6.45, 7) is 1.58. The zero-order chi connectivity index (χ0) is 14.6. The molecule has 112 valence electrons. The van der Waals surface area contributed by atoms with E-state index in [-0.39, 0.29) is 0 Å². The van der Waals surface area contributed by atoms with E-state index in [1.165, 1.54) is 12.2 Å². The molecule has 1 aromatic rings. The second-order valence-electron chi connectivity index (χ2n) is 4.22. The summed E-state index contributed by atoms with van der Waals surface area (Å²) in [5, 5.41) is 6.57. The van der Waals surface area contributed by atoms with E-state index in [1.807, 2.05) is 23.9 Å². The second-order valence-corrected chi connectivity index (χ2v) is 5.21. The van der Waals surface area contributed by atoms with Crippen LogP contribution in [0.15, 0.2) is 23.3 Å². The number of ether oxygens (including phenoxy) is 1. The van der Waals surface area contributed by atoms with Crippen molar-refractivity contribution in [3.8, 4) is 5.88 Å². The Labute approximate surface area is 125 Å². The first-order valence-corrected chi connectivity index (χ1v) is 8.12. The van der Waals surface area contributed by atoms with Gasteiger partial charge in [-0.1, -0.05) is 6.07 Å². The monoisotopic (exact) mass is 296 g/mol. The molecule has 0 aromatic carbocycles. The molecule has 20 heavy (non-hydrogen) atoms. The molecule has 1 aromatic heterocycles. The molecular formula is C14H24N4OS. The van der Waals surface area contributed by atoms with Gasteiger partial charge in [0.25, 0.3) is 0 Å². The zero-order valence-corrected chi connectivity index (χ0v) is 13.3. The number of aromatic nitrogens is 1. The van der Waals surface area contributed by atoms with Crippen molar-refractivity contribution >= 4 is 17.7 Å². The first kappa shape index (κ1) is 16.6. The van der Waals surface area contributed by atoms with Gasteiger partial charge in [-0.25, -0.2) is 4.98 Å². The van der Waals surface area contributed by atoms with Gasteiger partial charge in [-0.15, -0.1) is 0 Å². The lowest BCUT2D eigenvalue weighted by Gasteiger charge is -2.13. The number of aliphatic imine (C=N–C) groups is 1. The number of thioether (sulfide) groups is 1. The van der Waals surface area contributed by atoms with Crippen LogP contribution in [-0.2, 0) is 6.54 Å². The Morgan fingerprint density at radius 1 is 1.40 bits per heavy atom. The summed E-state index contributed by atoms with van der Waals surface area (Å²) < 4.78 is 5.22. The van der Waals surface area contributed by atoms with Crippen molar-refractivity contribution < 1.29 is 4.74 Å². The van der Waals surface area contributed by atoms with Crippen LogP contribution in [0.5, 0.6) is 5.88 Å². The lowest BCUT2D eigenvalue weighted by Crippen LogP contribution is -2.37. The van der Waals surface area contributed by atoms with Gasteiger partial charge in [-0.2, -0.15) is 11.8 Å². The lowest BCUT2D eigenvalue weighted by atomic mass is 10.2. The number of rotatable bonds is 8. The highest BCUT2D eigenvalue weighted by Gasteiger charge is 2.04. The molecule has 0 fully saturated rings. The molecule has 6 heteroatoms. The molecular weight excluding hydrogens is 272 g/mol. The number of unbranched alkanes of at least 4 members (excludes halogenated alkanes) is 1. The molecule has 0 bridgehead atoms. The standard InChI is InChI=1S/C14H24N4OS/c1-15-14(17-8-4-5-10-20-3)18-11-12-7-6-9-16-13(12)19-2/h6-7,9H,4-5,8,10-11H2,1-3H3,(H2,15,17,18). The molecule has 0 saturated carbocycles. The molecule has 0 saturated heterocycles. The fourth-order valence-electron chi connectivity index (χ4n) is 1.72. The number of guanidine groups is 1. The third kappa shape index (κ3) is 6.14. The molecule has 0 aliphatic carbocycles. The summed E-state index contributed by atoms with van der Waals surface area (Å²) in [6, 6.07) is 3.89. The molecule has 0 atom stereocenters. The number of hydrogen-bond donors (Lipinski definition) is 2. The predicted molar refractivity (Wildman–Crippen MR) is 86.6 cm³/mol. The number of methoxy groups -OCH3 is 1. The van der Waals surface area contributed by atoms with E-state index in [0.717, 1.165) is 24.5 Å². The average molecular weight is 296 g/mol. The van der Waals surface area contributed by atoms with Crippen LogP contribution in [0.3, 0.4) is 0 Å². The molecule has 0 unspecified atom stereocenters. The normalized spacial score (nSPS) is 11.2. The summed E-state index contributed by atoms with van der Waals surface area (Å²) >= 11 is 1.88. The Morgan fingerprint density at radius 2 is 2.25 bits per heavy atom. The summed E-state index contributed by atoms with van der Waals surface area (Å²) in [5.74, 6) is 2.66. The molecule has 0 aliphatic rings. The third-order valence-electron chi connectivity index (χ3n) is 2.78. The van der Waals surface area contributed by atoms with Crippen molar-refractivity contribution in [2.24, 2.45) is 4.99 Å². The molecule has 2 N–H and O–H groups in total. The number of hydrogen-bond acceptors (Lipinski definition) is 4. The molecule has 0 radical (unpaired) electrons. The van der Waals surface area contributed by atoms with Crippen LogP contribution < -0.4 is 15.4 Å². The highest BCUT2D eigenvalue weighted by Crippen LogP contribution is 2.12. The van der Waals surface area contributed by atoms with Crippen LogP contribution >= 0.6 is 11.8 Å². The number of nitrogens with one attached hydrogen (secondary N) is 2. The summed E-state index contributed by atoms with van der Waals surface area (Å²) in [6.07, 6.45) is 6.23. The van der Waals surface area contributed by atoms with E-state index in [1.54, 1.807) is 20.4 Å². The van der Waals surface area contributed by atoms with Gasteiger partial charge in [0.1, 0.15) is 0 Å². The van der Waals surface area contributed by atoms with Gasteiger partial charge in [-0.3, -0.25) is 4.99 Å². The predicted octanol–water partition coefficient (Wildman–Crippen LogP) is 1.90. The van der Waals surface area contributed by atoms with E-state index in [4.69, 9.17) is 4.74 Å². The fourth-order valence-corrected chi connectivity index (χ4v) is 2.21. The number of pyridine rings is 1. The maximum Gasteiger partial charge on any atom is 0.218 e. The van der Waals surface area contributed by atoms with Crippen LogP contribution in [0.4, 0.5) is 0 Å². The smallest absolute Gasteiger partial charge is 0.218 e. The van der Waals surface area contributed by atoms with Crippen molar-refractivity contribution in [3.63, 3.8) is 0 Å². The largest absolute Gasteiger partial charge is 0.481 e. The minimum atomic E-state index is 0.640. The SMILES string of the molecule is CN=C(NCCCCSC)NCc1cccnc1OC. The Kier molecular flexibility index (Phi) is 8.62. The molecule has 0 aliphatic heterocycles. The van der Waals surface area contributed by atoms with E-state index < -0.39 is 0 Å². The van der Waals surface area contributed by atoms with Gasteiger partial charge in [0.2, 0.25) is 5.88 Å². The quantitative estimate of drug-likeness (QED) is 0.436. The maximum atomic E-state index is 5.22. The Morgan fingerprint density at radius 3 is 2.95 bits per heavy atom. The molecule has 1 rings (SSSR count). The highest BCUT2D eigenvalue weighted by atomic mass is 32.2. The Balaban J connectivity index is 2.34. The first-order chi connectivity index (χ1) is 9.81. The van der Waals surface area contributed by atoms with Crippen LogP contribution in [0.25, 0.3) is 0 Å². The van der Waals surface area contributed by atoms with E-state index >= 15 is 0 Å².